The summed E-state index contributed by atoms with van der Waals surface area (Å²) in [6.45, 7) is 9.36. The van der Waals surface area contributed by atoms with Gasteiger partial charge < -0.3 is 10.6 Å². The van der Waals surface area contributed by atoms with E-state index in [0.717, 1.165) is 0 Å². The van der Waals surface area contributed by atoms with Crippen LogP contribution in [0.25, 0.3) is 0 Å². The maximum Gasteiger partial charge on any atom is 0.0132 e. The summed E-state index contributed by atoms with van der Waals surface area (Å²) in [5.41, 5.74) is 6.63. The Balaban J connectivity index is 2.12. The van der Waals surface area contributed by atoms with E-state index in [1.807, 2.05) is 0 Å². The van der Waals surface area contributed by atoms with E-state index in [1.54, 1.807) is 0 Å². The number of piperidine rings is 1. The molecule has 1 saturated carbocycles. The lowest BCUT2D eigenvalue weighted by Crippen LogP contribution is -2.37. The highest BCUT2D eigenvalue weighted by molar-refractivity contribution is 6.19. The third kappa shape index (κ3) is 1.14. The Bertz CT molecular complexity index is 229. The van der Waals surface area contributed by atoms with Crippen molar-refractivity contribution in [3.05, 3.63) is 0 Å². The largest absolute Gasteiger partial charge is 0.327 e. The molecule has 2 rings (SSSR count). The number of hydrogen-bond acceptors (Lipinski definition) is 2. The molecule has 0 aromatic carbocycles. The first-order valence-corrected chi connectivity index (χ1v) is 6.41. The van der Waals surface area contributed by atoms with Gasteiger partial charge in [0.15, 0.2) is 0 Å². The summed E-state index contributed by atoms with van der Waals surface area (Å²) >= 11 is 0. The van der Waals surface area contributed by atoms with Crippen molar-refractivity contribution in [2.24, 2.45) is 11.1 Å². The monoisotopic (exact) mass is 198 g/mol. The second-order valence-corrected chi connectivity index (χ2v) is 7.60. The van der Waals surface area contributed by atoms with Crippen molar-refractivity contribution in [3.8, 4) is 0 Å². The molecule has 1 heterocycles. The van der Waals surface area contributed by atoms with Gasteiger partial charge in [0.05, 0.1) is 0 Å². The number of nitrogens with two attached hydrogens (primary N) is 1. The van der Waals surface area contributed by atoms with Crippen molar-refractivity contribution in [1.82, 2.24) is 4.90 Å². The average molecular weight is 198 g/mol. The van der Waals surface area contributed by atoms with Gasteiger partial charge in [-0.15, -0.1) is 0 Å². The smallest absolute Gasteiger partial charge is 0.0132 e. The molecule has 0 aromatic rings. The van der Waals surface area contributed by atoms with Crippen LogP contribution in [0.15, 0.2) is 0 Å². The van der Waals surface area contributed by atoms with Crippen LogP contribution in [-0.2, 0) is 0 Å². The first-order chi connectivity index (χ1) is 5.91. The fourth-order valence-corrected chi connectivity index (χ4v) is 4.85. The number of likely N-dealkylation sites (tertiary alicyclic amines) is 1. The first-order valence-electron chi connectivity index (χ1n) is 5.41. The molecule has 13 heavy (non-hydrogen) atoms. The highest BCUT2D eigenvalue weighted by Crippen LogP contribution is 2.73. The summed E-state index contributed by atoms with van der Waals surface area (Å²) in [5, 5.41) is 0.672. The van der Waals surface area contributed by atoms with Gasteiger partial charge in [-0.1, -0.05) is 0 Å². The van der Waals surface area contributed by atoms with Gasteiger partial charge in [0.25, 0.3) is 0 Å². The van der Waals surface area contributed by atoms with Crippen molar-refractivity contribution in [1.29, 1.82) is 0 Å². The van der Waals surface area contributed by atoms with Crippen molar-refractivity contribution in [3.63, 3.8) is 0 Å². The molecule has 1 unspecified atom stereocenters. The molecule has 0 amide bonds. The quantitative estimate of drug-likeness (QED) is 0.632. The van der Waals surface area contributed by atoms with Crippen molar-refractivity contribution in [2.45, 2.75) is 44.3 Å². The Kier molecular flexibility index (Phi) is 1.92. The molecular formula is C10H22N2Si. The van der Waals surface area contributed by atoms with Crippen molar-refractivity contribution in [2.75, 3.05) is 13.1 Å². The molecule has 2 N–H and O–H groups in total. The van der Waals surface area contributed by atoms with Crippen LogP contribution >= 0.6 is 0 Å². The third-order valence-corrected chi connectivity index (χ3v) is 6.09. The van der Waals surface area contributed by atoms with Gasteiger partial charge in [0, 0.05) is 40.8 Å². The summed E-state index contributed by atoms with van der Waals surface area (Å²) in [7, 11) is 1.32. The van der Waals surface area contributed by atoms with Crippen LogP contribution in [0.1, 0.15) is 27.2 Å². The van der Waals surface area contributed by atoms with E-state index in [1.165, 1.54) is 29.8 Å². The second kappa shape index (κ2) is 2.58. The average Bonchev–Trinajstić information content (AvgIpc) is 2.46. The summed E-state index contributed by atoms with van der Waals surface area (Å²) in [4.78, 5) is 2.61. The van der Waals surface area contributed by atoms with Gasteiger partial charge in [-0.25, -0.2) is 0 Å². The maximum atomic E-state index is 6.12. The van der Waals surface area contributed by atoms with Crippen LogP contribution in [0.3, 0.4) is 0 Å². The molecule has 1 aliphatic carbocycles. The molecule has 1 saturated heterocycles. The normalized spacial score (nSPS) is 46.8. The lowest BCUT2D eigenvalue weighted by atomic mass is 9.97. The van der Waals surface area contributed by atoms with Gasteiger partial charge in [-0.2, -0.15) is 0 Å². The van der Waals surface area contributed by atoms with E-state index < -0.39 is 0 Å². The molecule has 76 valence electrons. The van der Waals surface area contributed by atoms with Crippen LogP contribution in [0, 0.1) is 5.41 Å². The molecule has 3 atom stereocenters. The molecule has 3 heteroatoms. The zero-order valence-electron chi connectivity index (χ0n) is 9.30. The van der Waals surface area contributed by atoms with Crippen LogP contribution < -0.4 is 5.73 Å². The van der Waals surface area contributed by atoms with Gasteiger partial charge in [0.2, 0.25) is 0 Å². The minimum atomic E-state index is 0.397. The Morgan fingerprint density at radius 3 is 2.23 bits per heavy atom. The number of fused-ring (bicyclic) bond motifs is 1. The minimum Gasteiger partial charge on any atom is -0.327 e. The maximum absolute atomic E-state index is 6.12. The standard InChI is InChI=1S/C10H22N2Si/c1-7(2)12-5-9(8(3)11)4-10(9,13)6-12/h7-8H,4-6,11H2,1-3,13H3/t8?,9-,10-/m1/s1. The summed E-state index contributed by atoms with van der Waals surface area (Å²) in [6, 6.07) is 1.10. The second-order valence-electron chi connectivity index (χ2n) is 5.68. The van der Waals surface area contributed by atoms with Crippen LogP contribution in [-0.4, -0.2) is 40.3 Å². The van der Waals surface area contributed by atoms with Crippen LogP contribution in [0.2, 0.25) is 5.04 Å². The molecule has 2 fully saturated rings. The Labute approximate surface area is 84.3 Å². The number of hydrogen-bond donors (Lipinski definition) is 1. The van der Waals surface area contributed by atoms with E-state index in [-0.39, 0.29) is 0 Å². The SMILES string of the molecule is CC(C)N1C[C@]2([SiH3])C[C@]2(C(C)N)C1. The van der Waals surface area contributed by atoms with E-state index in [9.17, 15) is 0 Å². The van der Waals surface area contributed by atoms with Gasteiger partial charge in [-0.05, 0) is 32.2 Å². The van der Waals surface area contributed by atoms with Gasteiger partial charge in [-0.3, -0.25) is 0 Å². The molecule has 0 radical (unpaired) electrons. The molecule has 2 aliphatic rings. The van der Waals surface area contributed by atoms with Crippen molar-refractivity contribution >= 4 is 10.2 Å². The summed E-state index contributed by atoms with van der Waals surface area (Å²) in [5.74, 6) is 0. The predicted octanol–water partition coefficient (Wildman–Crippen LogP) is -0.0282. The van der Waals surface area contributed by atoms with Gasteiger partial charge >= 0.3 is 0 Å². The molecule has 1 aliphatic heterocycles. The number of rotatable bonds is 2. The highest BCUT2D eigenvalue weighted by atomic mass is 28.1. The van der Waals surface area contributed by atoms with E-state index in [2.05, 4.69) is 25.7 Å². The highest BCUT2D eigenvalue weighted by Gasteiger charge is 2.70. The first kappa shape index (κ1) is 9.68. The molecule has 0 aromatic heterocycles. The van der Waals surface area contributed by atoms with Gasteiger partial charge in [0.1, 0.15) is 0 Å². The van der Waals surface area contributed by atoms with E-state index in [0.29, 0.717) is 22.5 Å². The fourth-order valence-electron chi connectivity index (χ4n) is 3.20. The Hall–Kier alpha value is 0.137. The Morgan fingerprint density at radius 1 is 1.31 bits per heavy atom. The Morgan fingerprint density at radius 2 is 1.92 bits per heavy atom. The van der Waals surface area contributed by atoms with E-state index in [4.69, 9.17) is 5.73 Å². The third-order valence-electron chi connectivity index (χ3n) is 4.42. The summed E-state index contributed by atoms with van der Waals surface area (Å²) < 4.78 is 0. The zero-order chi connectivity index (χ0) is 9.85. The molecule has 0 spiro atoms. The fraction of sp³-hybridized carbons (Fsp3) is 1.00. The predicted molar refractivity (Wildman–Crippen MR) is 60.0 cm³/mol. The van der Waals surface area contributed by atoms with Crippen LogP contribution in [0.5, 0.6) is 0 Å². The molecule has 2 nitrogen and oxygen atoms in total. The lowest BCUT2D eigenvalue weighted by molar-refractivity contribution is 0.221. The molecular weight excluding hydrogens is 176 g/mol. The molecule has 0 bridgehead atoms. The number of nitrogens with zero attached hydrogens (tertiary/aromatic N) is 1. The lowest BCUT2D eigenvalue weighted by Gasteiger charge is -2.26. The van der Waals surface area contributed by atoms with Crippen LogP contribution in [0.4, 0.5) is 0 Å². The zero-order valence-corrected chi connectivity index (χ0v) is 11.3. The summed E-state index contributed by atoms with van der Waals surface area (Å²) in [6.07, 6.45) is 1.41. The van der Waals surface area contributed by atoms with E-state index >= 15 is 0 Å². The van der Waals surface area contributed by atoms with Crippen molar-refractivity contribution < 1.29 is 0 Å². The minimum absolute atomic E-state index is 0.397. The topological polar surface area (TPSA) is 29.3 Å².